The summed E-state index contributed by atoms with van der Waals surface area (Å²) in [5, 5.41) is 13.7. The Bertz CT molecular complexity index is 879. The molecule has 1 heterocycles. The van der Waals surface area contributed by atoms with Crippen LogP contribution in [0.4, 0.5) is 17.1 Å². The lowest BCUT2D eigenvalue weighted by molar-refractivity contribution is -0.0865. The average Bonchev–Trinajstić information content (AvgIpc) is 3.11. The molecule has 1 aliphatic rings. The summed E-state index contributed by atoms with van der Waals surface area (Å²) in [5.74, 6) is 0. The van der Waals surface area contributed by atoms with Crippen molar-refractivity contribution in [1.82, 2.24) is 0 Å². The van der Waals surface area contributed by atoms with E-state index in [-0.39, 0.29) is 0 Å². The van der Waals surface area contributed by atoms with Crippen LogP contribution in [-0.4, -0.2) is 23.6 Å². The number of benzene rings is 3. The maximum atomic E-state index is 10.9. The Morgan fingerprint density at radius 2 is 1.54 bits per heavy atom. The van der Waals surface area contributed by atoms with Gasteiger partial charge in [0.05, 0.1) is 23.6 Å². The second-order valence-corrected chi connectivity index (χ2v) is 6.89. The lowest BCUT2D eigenvalue weighted by Crippen LogP contribution is -2.51. The molecule has 4 rings (SSSR count). The first kappa shape index (κ1) is 18.3. The Labute approximate surface area is 164 Å². The van der Waals surface area contributed by atoms with Gasteiger partial charge in [-0.25, -0.2) is 15.0 Å². The van der Waals surface area contributed by atoms with Crippen molar-refractivity contribution in [1.29, 1.82) is 0 Å². The van der Waals surface area contributed by atoms with Crippen molar-refractivity contribution < 1.29 is 14.9 Å². The van der Waals surface area contributed by atoms with Crippen LogP contribution in [0.5, 0.6) is 0 Å². The van der Waals surface area contributed by atoms with Gasteiger partial charge < -0.3 is 0 Å². The van der Waals surface area contributed by atoms with Crippen LogP contribution in [0.1, 0.15) is 6.92 Å². The van der Waals surface area contributed by atoms with Crippen molar-refractivity contribution in [3.05, 3.63) is 91.0 Å². The predicted octanol–water partition coefficient (Wildman–Crippen LogP) is 4.46. The van der Waals surface area contributed by atoms with E-state index in [1.165, 1.54) is 0 Å². The van der Waals surface area contributed by atoms with Gasteiger partial charge in [0.15, 0.2) is 5.60 Å². The first-order valence-corrected chi connectivity index (χ1v) is 9.17. The van der Waals surface area contributed by atoms with Crippen molar-refractivity contribution in [2.24, 2.45) is 0 Å². The van der Waals surface area contributed by atoms with E-state index < -0.39 is 11.8 Å². The molecule has 28 heavy (non-hydrogen) atoms. The summed E-state index contributed by atoms with van der Waals surface area (Å²) in [6.45, 7) is 2.33. The highest BCUT2D eigenvalue weighted by Crippen LogP contribution is 2.35. The van der Waals surface area contributed by atoms with Crippen molar-refractivity contribution in [3.8, 4) is 0 Å². The second kappa shape index (κ2) is 7.90. The van der Waals surface area contributed by atoms with Gasteiger partial charge in [0.2, 0.25) is 6.23 Å². The number of rotatable bonds is 6. The van der Waals surface area contributed by atoms with E-state index in [9.17, 15) is 5.21 Å². The third-order valence-corrected chi connectivity index (χ3v) is 4.67. The van der Waals surface area contributed by atoms with Crippen LogP contribution in [0.3, 0.4) is 0 Å². The van der Waals surface area contributed by atoms with Crippen LogP contribution in [-0.2, 0) is 9.68 Å². The van der Waals surface area contributed by atoms with E-state index in [1.807, 2.05) is 97.9 Å². The van der Waals surface area contributed by atoms with E-state index in [2.05, 4.69) is 5.48 Å². The first-order valence-electron chi connectivity index (χ1n) is 9.17. The monoisotopic (exact) mass is 377 g/mol. The standard InChI is InChI=1S/C22H23N3O3/c1-22(28-23-18-11-5-2-6-12-18)17-24(19-13-7-3-8-14-19)27-21(22)25(26)20-15-9-4-10-16-20/h2-16,21,23,26H,17H2,1H3/t21-,22-/m0/s1. The molecule has 6 heteroatoms. The molecule has 144 valence electrons. The van der Waals surface area contributed by atoms with E-state index >= 15 is 0 Å². The minimum Gasteiger partial charge on any atom is -0.286 e. The lowest BCUT2D eigenvalue weighted by atomic mass is 10.1. The fourth-order valence-electron chi connectivity index (χ4n) is 3.16. The molecule has 0 amide bonds. The highest BCUT2D eigenvalue weighted by atomic mass is 16.8. The Kier molecular flexibility index (Phi) is 5.16. The van der Waals surface area contributed by atoms with Crippen LogP contribution in [0.15, 0.2) is 91.0 Å². The van der Waals surface area contributed by atoms with Gasteiger partial charge in [0, 0.05) is 0 Å². The maximum absolute atomic E-state index is 10.9. The minimum absolute atomic E-state index is 0.422. The van der Waals surface area contributed by atoms with Crippen LogP contribution in [0.2, 0.25) is 0 Å². The zero-order valence-electron chi connectivity index (χ0n) is 15.6. The molecule has 1 aliphatic heterocycles. The minimum atomic E-state index is -0.865. The van der Waals surface area contributed by atoms with Crippen molar-refractivity contribution in [3.63, 3.8) is 0 Å². The number of para-hydroxylation sites is 3. The first-order chi connectivity index (χ1) is 13.7. The number of anilines is 3. The van der Waals surface area contributed by atoms with Gasteiger partial charge in [-0.1, -0.05) is 54.6 Å². The van der Waals surface area contributed by atoms with Crippen LogP contribution in [0.25, 0.3) is 0 Å². The fraction of sp³-hybridized carbons (Fsp3) is 0.182. The highest BCUT2D eigenvalue weighted by molar-refractivity contribution is 5.48. The van der Waals surface area contributed by atoms with Crippen molar-refractivity contribution in [2.45, 2.75) is 18.8 Å². The smallest absolute Gasteiger partial charge is 0.213 e. The zero-order chi connectivity index (χ0) is 19.4. The zero-order valence-corrected chi connectivity index (χ0v) is 15.6. The van der Waals surface area contributed by atoms with E-state index in [0.29, 0.717) is 12.2 Å². The van der Waals surface area contributed by atoms with Crippen LogP contribution in [0, 0.1) is 0 Å². The maximum Gasteiger partial charge on any atom is 0.213 e. The highest BCUT2D eigenvalue weighted by Gasteiger charge is 2.50. The number of hydroxylamine groups is 2. The normalized spacial score (nSPS) is 21.5. The largest absolute Gasteiger partial charge is 0.286 e. The van der Waals surface area contributed by atoms with Crippen molar-refractivity contribution >= 4 is 17.1 Å². The molecular formula is C22H23N3O3. The summed E-state index contributed by atoms with van der Waals surface area (Å²) < 4.78 is 0. The molecule has 0 bridgehead atoms. The van der Waals surface area contributed by atoms with Gasteiger partial charge in [-0.3, -0.25) is 15.5 Å². The Hall–Kier alpha value is -3.06. The summed E-state index contributed by atoms with van der Waals surface area (Å²) in [7, 11) is 0. The van der Waals surface area contributed by atoms with E-state index in [1.54, 1.807) is 5.06 Å². The van der Waals surface area contributed by atoms with Gasteiger partial charge in [0.25, 0.3) is 0 Å². The van der Waals surface area contributed by atoms with Gasteiger partial charge in [-0.2, -0.15) is 0 Å². The second-order valence-electron chi connectivity index (χ2n) is 6.89. The molecule has 0 spiro atoms. The fourth-order valence-corrected chi connectivity index (χ4v) is 3.16. The Morgan fingerprint density at radius 1 is 0.964 bits per heavy atom. The Morgan fingerprint density at radius 3 is 2.18 bits per heavy atom. The molecule has 3 aromatic rings. The van der Waals surface area contributed by atoms with Gasteiger partial charge in [-0.05, 0) is 43.3 Å². The third-order valence-electron chi connectivity index (χ3n) is 4.67. The van der Waals surface area contributed by atoms with Crippen LogP contribution < -0.4 is 15.6 Å². The molecule has 3 aromatic carbocycles. The molecule has 0 unspecified atom stereocenters. The van der Waals surface area contributed by atoms with Gasteiger partial charge >= 0.3 is 0 Å². The number of hydrogen-bond acceptors (Lipinski definition) is 6. The SMILES string of the molecule is C[C@]1(ONc2ccccc2)CN(c2ccccc2)O[C@@H]1N(O)c1ccccc1. The van der Waals surface area contributed by atoms with Gasteiger partial charge in [-0.15, -0.1) is 0 Å². The topological polar surface area (TPSA) is 57.2 Å². The summed E-state index contributed by atoms with van der Waals surface area (Å²) >= 11 is 0. The average molecular weight is 377 g/mol. The molecule has 6 nitrogen and oxygen atoms in total. The number of nitrogens with one attached hydrogen (secondary N) is 1. The summed E-state index contributed by atoms with van der Waals surface area (Å²) in [6, 6.07) is 28.6. The molecule has 0 radical (unpaired) electrons. The summed E-state index contributed by atoms with van der Waals surface area (Å²) in [6.07, 6.45) is -0.758. The predicted molar refractivity (Wildman–Crippen MR) is 109 cm³/mol. The molecular weight excluding hydrogens is 354 g/mol. The van der Waals surface area contributed by atoms with Crippen molar-refractivity contribution in [2.75, 3.05) is 22.2 Å². The molecule has 1 fully saturated rings. The Balaban J connectivity index is 1.59. The lowest BCUT2D eigenvalue weighted by Gasteiger charge is -2.33. The summed E-state index contributed by atoms with van der Waals surface area (Å²) in [4.78, 5) is 12.2. The summed E-state index contributed by atoms with van der Waals surface area (Å²) in [5.41, 5.74) is 4.46. The van der Waals surface area contributed by atoms with Gasteiger partial charge in [0.1, 0.15) is 0 Å². The third kappa shape index (κ3) is 3.80. The molecule has 2 atom stereocenters. The van der Waals surface area contributed by atoms with Crippen LogP contribution >= 0.6 is 0 Å². The number of nitrogens with zero attached hydrogens (tertiary/aromatic N) is 2. The molecule has 1 saturated heterocycles. The quantitative estimate of drug-likeness (QED) is 0.619. The molecule has 2 N–H and O–H groups in total. The van der Waals surface area contributed by atoms with E-state index in [4.69, 9.17) is 9.68 Å². The number of hydrogen-bond donors (Lipinski definition) is 2. The van der Waals surface area contributed by atoms with E-state index in [0.717, 1.165) is 16.4 Å². The molecule has 0 aliphatic carbocycles. The molecule has 0 aromatic heterocycles. The molecule has 0 saturated carbocycles.